The summed E-state index contributed by atoms with van der Waals surface area (Å²) in [7, 11) is 4.03. The fourth-order valence-electron chi connectivity index (χ4n) is 5.00. The van der Waals surface area contributed by atoms with Crippen LogP contribution in [0, 0.1) is 5.92 Å². The lowest BCUT2D eigenvalue weighted by Gasteiger charge is -2.32. The third-order valence-corrected chi connectivity index (χ3v) is 7.93. The van der Waals surface area contributed by atoms with Gasteiger partial charge in [-0.2, -0.15) is 5.10 Å². The molecule has 6 rings (SSSR count). The number of nitrogens with zero attached hydrogens (tertiary/aromatic N) is 6. The largest absolute Gasteiger partial charge is 0.378 e. The van der Waals surface area contributed by atoms with Gasteiger partial charge in [0.2, 0.25) is 5.91 Å². The van der Waals surface area contributed by atoms with Crippen molar-refractivity contribution in [2.45, 2.75) is 19.3 Å². The number of rotatable bonds is 4. The zero-order valence-corrected chi connectivity index (χ0v) is 20.1. The van der Waals surface area contributed by atoms with Crippen molar-refractivity contribution >= 4 is 50.2 Å². The maximum absolute atomic E-state index is 13.1. The van der Waals surface area contributed by atoms with E-state index < -0.39 is 0 Å². The second-order valence-electron chi connectivity index (χ2n) is 9.08. The molecular weight excluding hydrogens is 450 g/mol. The molecule has 0 bridgehead atoms. The van der Waals surface area contributed by atoms with Crippen LogP contribution in [-0.2, 0) is 22.4 Å². The molecule has 4 aromatic rings. The van der Waals surface area contributed by atoms with Crippen LogP contribution >= 0.6 is 11.3 Å². The summed E-state index contributed by atoms with van der Waals surface area (Å²) < 4.78 is 7.28. The van der Waals surface area contributed by atoms with Gasteiger partial charge in [0.05, 0.1) is 41.7 Å². The lowest BCUT2D eigenvalue weighted by Crippen LogP contribution is -2.44. The summed E-state index contributed by atoms with van der Waals surface area (Å²) in [4.78, 5) is 28.6. The number of ether oxygens (including phenoxy) is 1. The molecule has 176 valence electrons. The van der Waals surface area contributed by atoms with Gasteiger partial charge in [-0.25, -0.2) is 14.5 Å². The third-order valence-electron chi connectivity index (χ3n) is 6.77. The average molecular weight is 478 g/mol. The standard InChI is InChI=1S/C24H27N7O2S/c1-29(2)19-13-31-16(5-6-27-31)12-18(19)28-22-21-17-4-3-15(24(32)30-7-9-33-10-8-30)11-20(17)34-23(21)26-14-25-22/h5-6,12-15H,3-4,7-11H2,1-2H3,(H,25,26,28)/t15-/m0/s1. The highest BCUT2D eigenvalue weighted by atomic mass is 32.1. The maximum Gasteiger partial charge on any atom is 0.226 e. The van der Waals surface area contributed by atoms with E-state index >= 15 is 0 Å². The molecule has 1 atom stereocenters. The first kappa shape index (κ1) is 21.3. The van der Waals surface area contributed by atoms with Crippen LogP contribution in [0.15, 0.2) is 30.9 Å². The minimum Gasteiger partial charge on any atom is -0.378 e. The van der Waals surface area contributed by atoms with E-state index in [-0.39, 0.29) is 11.8 Å². The number of nitrogens with one attached hydrogen (secondary N) is 1. The molecular formula is C24H27N7O2S. The van der Waals surface area contributed by atoms with E-state index in [0.29, 0.717) is 26.3 Å². The number of carbonyl (C=O) groups excluding carboxylic acids is 1. The fraction of sp³-hybridized carbons (Fsp3) is 0.417. The first-order chi connectivity index (χ1) is 16.6. The third kappa shape index (κ3) is 3.67. The van der Waals surface area contributed by atoms with Gasteiger partial charge < -0.3 is 19.9 Å². The Morgan fingerprint density at radius 1 is 1.26 bits per heavy atom. The number of hydrogen-bond donors (Lipinski definition) is 1. The van der Waals surface area contributed by atoms with Gasteiger partial charge in [-0.1, -0.05) is 0 Å². The normalized spacial score (nSPS) is 18.3. The molecule has 0 aromatic carbocycles. The number of morpholine rings is 1. The fourth-order valence-corrected chi connectivity index (χ4v) is 6.26. The van der Waals surface area contributed by atoms with E-state index in [1.54, 1.807) is 23.9 Å². The number of aromatic nitrogens is 4. The lowest BCUT2D eigenvalue weighted by atomic mass is 9.86. The van der Waals surface area contributed by atoms with Crippen molar-refractivity contribution in [3.8, 4) is 0 Å². The molecule has 1 saturated heterocycles. The van der Waals surface area contributed by atoms with E-state index in [0.717, 1.165) is 52.2 Å². The molecule has 0 radical (unpaired) electrons. The van der Waals surface area contributed by atoms with Crippen LogP contribution in [0.1, 0.15) is 16.9 Å². The highest BCUT2D eigenvalue weighted by molar-refractivity contribution is 7.19. The quantitative estimate of drug-likeness (QED) is 0.483. The van der Waals surface area contributed by atoms with Crippen molar-refractivity contribution in [1.29, 1.82) is 0 Å². The second-order valence-corrected chi connectivity index (χ2v) is 10.2. The van der Waals surface area contributed by atoms with Crippen LogP contribution in [0.25, 0.3) is 15.7 Å². The Kier molecular flexibility index (Phi) is 5.34. The molecule has 1 aliphatic carbocycles. The smallest absolute Gasteiger partial charge is 0.226 e. The van der Waals surface area contributed by atoms with Crippen molar-refractivity contribution in [3.05, 3.63) is 41.3 Å². The summed E-state index contributed by atoms with van der Waals surface area (Å²) in [6.45, 7) is 2.67. The maximum atomic E-state index is 13.1. The van der Waals surface area contributed by atoms with Crippen LogP contribution in [0.4, 0.5) is 17.2 Å². The highest BCUT2D eigenvalue weighted by Crippen LogP contribution is 2.41. The summed E-state index contributed by atoms with van der Waals surface area (Å²) in [5.74, 6) is 1.11. The molecule has 0 unspecified atom stereocenters. The van der Waals surface area contributed by atoms with Crippen LogP contribution in [0.5, 0.6) is 0 Å². The number of fused-ring (bicyclic) bond motifs is 4. The first-order valence-electron chi connectivity index (χ1n) is 11.6. The van der Waals surface area contributed by atoms with E-state index in [1.807, 2.05) is 35.8 Å². The molecule has 1 amide bonds. The number of hydrogen-bond acceptors (Lipinski definition) is 8. The topological polar surface area (TPSA) is 87.9 Å². The minimum atomic E-state index is 0.0349. The lowest BCUT2D eigenvalue weighted by molar-refractivity contribution is -0.140. The van der Waals surface area contributed by atoms with Gasteiger partial charge in [0.15, 0.2) is 0 Å². The van der Waals surface area contributed by atoms with Gasteiger partial charge in [0.25, 0.3) is 0 Å². The van der Waals surface area contributed by atoms with Crippen molar-refractivity contribution in [3.63, 3.8) is 0 Å². The molecule has 4 aromatic heterocycles. The molecule has 2 aliphatic rings. The first-order valence-corrected chi connectivity index (χ1v) is 12.4. The van der Waals surface area contributed by atoms with Gasteiger partial charge in [-0.15, -0.1) is 11.3 Å². The van der Waals surface area contributed by atoms with Gasteiger partial charge >= 0.3 is 0 Å². The monoisotopic (exact) mass is 477 g/mol. The number of anilines is 3. The van der Waals surface area contributed by atoms with Crippen molar-refractivity contribution < 1.29 is 9.53 Å². The van der Waals surface area contributed by atoms with Crippen LogP contribution in [0.2, 0.25) is 0 Å². The van der Waals surface area contributed by atoms with Crippen LogP contribution < -0.4 is 10.2 Å². The summed E-state index contributed by atoms with van der Waals surface area (Å²) >= 11 is 1.70. The van der Waals surface area contributed by atoms with Gasteiger partial charge in [0.1, 0.15) is 17.0 Å². The van der Waals surface area contributed by atoms with Crippen molar-refractivity contribution in [1.82, 2.24) is 24.5 Å². The SMILES string of the molecule is CN(C)c1cn2nccc2cc1Nc1ncnc2sc3c(c12)CC[C@H](C(=O)N1CCOCC1)C3. The van der Waals surface area contributed by atoms with Crippen LogP contribution in [0.3, 0.4) is 0 Å². The Labute approximate surface area is 201 Å². The summed E-state index contributed by atoms with van der Waals surface area (Å²) in [6, 6.07) is 4.07. The average Bonchev–Trinajstić information content (AvgIpc) is 3.47. The minimum absolute atomic E-state index is 0.0349. The Hall–Kier alpha value is -3.24. The molecule has 10 heteroatoms. The molecule has 1 N–H and O–H groups in total. The van der Waals surface area contributed by atoms with E-state index in [4.69, 9.17) is 4.74 Å². The van der Waals surface area contributed by atoms with Gasteiger partial charge in [-0.05, 0) is 37.0 Å². The Morgan fingerprint density at radius 2 is 2.12 bits per heavy atom. The molecule has 1 fully saturated rings. The van der Waals surface area contributed by atoms with Gasteiger partial charge in [-0.3, -0.25) is 4.79 Å². The van der Waals surface area contributed by atoms with E-state index in [1.165, 1.54) is 10.4 Å². The predicted molar refractivity (Wildman–Crippen MR) is 133 cm³/mol. The molecule has 9 nitrogen and oxygen atoms in total. The number of thiophene rings is 1. The number of pyridine rings is 1. The zero-order chi connectivity index (χ0) is 23.2. The van der Waals surface area contributed by atoms with E-state index in [9.17, 15) is 4.79 Å². The second kappa shape index (κ2) is 8.52. The molecule has 0 spiro atoms. The van der Waals surface area contributed by atoms with E-state index in [2.05, 4.69) is 31.3 Å². The number of aryl methyl sites for hydroxylation is 1. The van der Waals surface area contributed by atoms with Crippen molar-refractivity contribution in [2.75, 3.05) is 50.6 Å². The Morgan fingerprint density at radius 3 is 2.94 bits per heavy atom. The zero-order valence-electron chi connectivity index (χ0n) is 19.3. The molecule has 1 aliphatic heterocycles. The highest BCUT2D eigenvalue weighted by Gasteiger charge is 2.32. The number of amides is 1. The number of carbonyl (C=O) groups is 1. The van der Waals surface area contributed by atoms with Crippen LogP contribution in [-0.4, -0.2) is 70.8 Å². The molecule has 5 heterocycles. The summed E-state index contributed by atoms with van der Waals surface area (Å²) in [6.07, 6.45) is 7.92. The molecule has 34 heavy (non-hydrogen) atoms. The van der Waals surface area contributed by atoms with Gasteiger partial charge in [0, 0.05) is 44.2 Å². The van der Waals surface area contributed by atoms with Crippen molar-refractivity contribution in [2.24, 2.45) is 5.92 Å². The summed E-state index contributed by atoms with van der Waals surface area (Å²) in [5, 5.41) is 9.03. The Bertz CT molecular complexity index is 1370. The Balaban J connectivity index is 1.33. The molecule has 0 saturated carbocycles. The predicted octanol–water partition coefficient (Wildman–Crippen LogP) is 3.11. The summed E-state index contributed by atoms with van der Waals surface area (Å²) in [5.41, 5.74) is 4.28.